The van der Waals surface area contributed by atoms with Crippen molar-refractivity contribution in [1.82, 2.24) is 5.32 Å². The summed E-state index contributed by atoms with van der Waals surface area (Å²) in [4.78, 5) is 13.4. The number of rotatable bonds is 7. The number of carbonyl (C=O) groups is 1. The van der Waals surface area contributed by atoms with Gasteiger partial charge in [0.2, 0.25) is 0 Å². The Labute approximate surface area is 145 Å². The van der Waals surface area contributed by atoms with Gasteiger partial charge in [-0.15, -0.1) is 0 Å². The van der Waals surface area contributed by atoms with E-state index in [1.165, 1.54) is 44.0 Å². The van der Waals surface area contributed by atoms with Crippen molar-refractivity contribution in [1.29, 1.82) is 0 Å². The van der Waals surface area contributed by atoms with Gasteiger partial charge in [-0.05, 0) is 60.3 Å². The number of ether oxygens (including phenoxy) is 1. The van der Waals surface area contributed by atoms with E-state index in [-0.39, 0.29) is 18.3 Å². The van der Waals surface area contributed by atoms with Gasteiger partial charge in [0.15, 0.2) is 6.61 Å². The molecule has 0 radical (unpaired) electrons. The minimum atomic E-state index is -0.344. The van der Waals surface area contributed by atoms with Crippen molar-refractivity contribution in [2.75, 3.05) is 26.2 Å². The maximum Gasteiger partial charge on any atom is 0.257 e. The van der Waals surface area contributed by atoms with Crippen LogP contribution in [-0.2, 0) is 4.79 Å². The van der Waals surface area contributed by atoms with E-state index in [1.807, 2.05) is 0 Å². The molecule has 1 heterocycles. The second-order valence-electron chi connectivity index (χ2n) is 6.12. The topological polar surface area (TPSA) is 42.8 Å². The summed E-state index contributed by atoms with van der Waals surface area (Å²) in [6.45, 7) is 5.27. The van der Waals surface area contributed by atoms with Crippen LogP contribution in [-0.4, -0.2) is 38.2 Å². The van der Waals surface area contributed by atoms with Crippen LogP contribution in [0.2, 0.25) is 0 Å². The summed E-state index contributed by atoms with van der Waals surface area (Å²) in [6, 6.07) is 4.86. The minimum Gasteiger partial charge on any atom is -0.483 e. The van der Waals surface area contributed by atoms with Gasteiger partial charge in [-0.2, -0.15) is 0 Å². The lowest BCUT2D eigenvalue weighted by atomic mass is 10.0. The molecular formula is C17H25BrFN2O2+. The highest BCUT2D eigenvalue weighted by Crippen LogP contribution is 2.25. The third-order valence-corrected chi connectivity index (χ3v) is 4.95. The Balaban J connectivity index is 1.61. The van der Waals surface area contributed by atoms with Crippen LogP contribution in [0.5, 0.6) is 5.75 Å². The molecule has 1 aromatic carbocycles. The Hall–Kier alpha value is -1.14. The highest BCUT2D eigenvalue weighted by Gasteiger charge is 2.20. The number of carbonyl (C=O) groups excluding carboxylic acids is 1. The lowest BCUT2D eigenvalue weighted by molar-refractivity contribution is -0.928. The van der Waals surface area contributed by atoms with Gasteiger partial charge in [0.25, 0.3) is 5.91 Å². The smallest absolute Gasteiger partial charge is 0.257 e. The fraction of sp³-hybridized carbons (Fsp3) is 0.588. The van der Waals surface area contributed by atoms with Gasteiger partial charge in [0.1, 0.15) is 11.6 Å². The summed E-state index contributed by atoms with van der Waals surface area (Å²) in [5, 5.41) is 2.87. The molecule has 128 valence electrons. The summed E-state index contributed by atoms with van der Waals surface area (Å²) < 4.78 is 18.9. The Morgan fingerprint density at radius 2 is 2.30 bits per heavy atom. The normalized spacial score (nSPS) is 21.0. The summed E-state index contributed by atoms with van der Waals surface area (Å²) in [7, 11) is 0. The zero-order chi connectivity index (χ0) is 16.7. The molecule has 23 heavy (non-hydrogen) atoms. The zero-order valence-corrected chi connectivity index (χ0v) is 15.1. The third-order valence-electron chi connectivity index (χ3n) is 4.33. The second-order valence-corrected chi connectivity index (χ2v) is 6.98. The van der Waals surface area contributed by atoms with E-state index in [2.05, 4.69) is 28.2 Å². The number of nitrogens with one attached hydrogen (secondary N) is 2. The van der Waals surface area contributed by atoms with Gasteiger partial charge in [-0.3, -0.25) is 4.79 Å². The number of piperidine rings is 1. The van der Waals surface area contributed by atoms with Crippen molar-refractivity contribution in [3.05, 3.63) is 28.5 Å². The number of amides is 1. The van der Waals surface area contributed by atoms with Crippen molar-refractivity contribution in [2.24, 2.45) is 0 Å². The first-order valence-corrected chi connectivity index (χ1v) is 9.04. The van der Waals surface area contributed by atoms with E-state index >= 15 is 0 Å². The summed E-state index contributed by atoms with van der Waals surface area (Å²) in [5.41, 5.74) is 0. The van der Waals surface area contributed by atoms with Crippen LogP contribution in [0.3, 0.4) is 0 Å². The average Bonchev–Trinajstić information content (AvgIpc) is 2.52. The molecule has 1 aliphatic heterocycles. The first-order valence-electron chi connectivity index (χ1n) is 8.25. The Kier molecular flexibility index (Phi) is 7.30. The summed E-state index contributed by atoms with van der Waals surface area (Å²) in [5.74, 6) is -0.0285. The third kappa shape index (κ3) is 6.11. The van der Waals surface area contributed by atoms with E-state index < -0.39 is 0 Å². The molecule has 0 spiro atoms. The Morgan fingerprint density at radius 1 is 1.48 bits per heavy atom. The minimum absolute atomic E-state index is 0.0583. The van der Waals surface area contributed by atoms with Crippen LogP contribution in [0.15, 0.2) is 22.7 Å². The molecule has 1 fully saturated rings. The predicted molar refractivity (Wildman–Crippen MR) is 91.2 cm³/mol. The highest BCUT2D eigenvalue weighted by atomic mass is 79.9. The molecule has 0 aromatic heterocycles. The van der Waals surface area contributed by atoms with Crippen molar-refractivity contribution in [3.63, 3.8) is 0 Å². The number of hydrogen-bond acceptors (Lipinski definition) is 2. The quantitative estimate of drug-likeness (QED) is 0.702. The Bertz CT molecular complexity index is 527. The first-order chi connectivity index (χ1) is 11.1. The van der Waals surface area contributed by atoms with Crippen molar-refractivity contribution >= 4 is 21.8 Å². The maximum absolute atomic E-state index is 13.0. The molecule has 0 aliphatic carbocycles. The number of halogens is 2. The number of quaternary nitrogens is 1. The lowest BCUT2D eigenvalue weighted by Crippen LogP contribution is -3.16. The van der Waals surface area contributed by atoms with Gasteiger partial charge in [-0.25, -0.2) is 4.39 Å². The molecule has 1 aliphatic rings. The predicted octanol–water partition coefficient (Wildman–Crippen LogP) is 1.93. The standard InChI is InChI=1S/C17H24BrFN2O2/c1-13-5-2-3-9-21(13)10-4-8-20-17(22)12-23-16-7-6-14(19)11-15(16)18/h6-7,11,13H,2-5,8-10,12H2,1H3,(H,20,22)/p+1/t13-/m1/s1. The van der Waals surface area contributed by atoms with Crippen LogP contribution < -0.4 is 15.0 Å². The van der Waals surface area contributed by atoms with E-state index in [9.17, 15) is 9.18 Å². The van der Waals surface area contributed by atoms with Crippen LogP contribution in [0.25, 0.3) is 0 Å². The number of hydrogen-bond donors (Lipinski definition) is 2. The molecule has 1 aromatic rings. The lowest BCUT2D eigenvalue weighted by Gasteiger charge is -2.30. The van der Waals surface area contributed by atoms with Gasteiger partial charge in [0, 0.05) is 13.0 Å². The highest BCUT2D eigenvalue weighted by molar-refractivity contribution is 9.10. The van der Waals surface area contributed by atoms with E-state index in [1.54, 1.807) is 4.90 Å². The molecule has 0 saturated carbocycles. The van der Waals surface area contributed by atoms with Crippen molar-refractivity contribution in [3.8, 4) is 5.75 Å². The SMILES string of the molecule is C[C@@H]1CCCC[NH+]1CCCNC(=O)COc1ccc(F)cc1Br. The fourth-order valence-electron chi connectivity index (χ4n) is 2.95. The van der Waals surface area contributed by atoms with Gasteiger partial charge < -0.3 is 15.0 Å². The largest absolute Gasteiger partial charge is 0.483 e. The maximum atomic E-state index is 13.0. The van der Waals surface area contributed by atoms with Crippen LogP contribution >= 0.6 is 15.9 Å². The summed E-state index contributed by atoms with van der Waals surface area (Å²) >= 11 is 3.21. The van der Waals surface area contributed by atoms with E-state index in [4.69, 9.17) is 4.74 Å². The molecule has 1 unspecified atom stereocenters. The molecule has 1 saturated heterocycles. The van der Waals surface area contributed by atoms with E-state index in [0.29, 0.717) is 16.8 Å². The van der Waals surface area contributed by atoms with Gasteiger partial charge in [0.05, 0.1) is 23.6 Å². The molecular weight excluding hydrogens is 363 g/mol. The summed E-state index contributed by atoms with van der Waals surface area (Å²) in [6.07, 6.45) is 4.94. The van der Waals surface area contributed by atoms with Crippen molar-refractivity contribution < 1.29 is 18.8 Å². The van der Waals surface area contributed by atoms with Crippen LogP contribution in [0, 0.1) is 5.82 Å². The molecule has 2 rings (SSSR count). The number of benzene rings is 1. The molecule has 0 bridgehead atoms. The van der Waals surface area contributed by atoms with Gasteiger partial charge in [-0.1, -0.05) is 0 Å². The first kappa shape index (κ1) is 18.2. The fourth-order valence-corrected chi connectivity index (χ4v) is 3.42. The molecule has 6 heteroatoms. The molecule has 2 N–H and O–H groups in total. The Morgan fingerprint density at radius 3 is 3.04 bits per heavy atom. The molecule has 1 amide bonds. The van der Waals surface area contributed by atoms with Gasteiger partial charge >= 0.3 is 0 Å². The number of likely N-dealkylation sites (tertiary alicyclic amines) is 1. The van der Waals surface area contributed by atoms with E-state index in [0.717, 1.165) is 19.0 Å². The monoisotopic (exact) mass is 387 g/mol. The van der Waals surface area contributed by atoms with Crippen LogP contribution in [0.4, 0.5) is 4.39 Å². The molecule has 2 atom stereocenters. The molecule has 4 nitrogen and oxygen atoms in total. The second kappa shape index (κ2) is 9.23. The van der Waals surface area contributed by atoms with Crippen molar-refractivity contribution in [2.45, 2.75) is 38.6 Å². The zero-order valence-electron chi connectivity index (χ0n) is 13.5. The van der Waals surface area contributed by atoms with Crippen LogP contribution in [0.1, 0.15) is 32.6 Å². The average molecular weight is 388 g/mol.